The molecule has 5 heteroatoms. The molecular formula is C12H17N3O2. The first kappa shape index (κ1) is 13.0. The van der Waals surface area contributed by atoms with Crippen LogP contribution < -0.4 is 16.8 Å². The number of nitrogens with two attached hydrogens (primary N) is 2. The zero-order valence-corrected chi connectivity index (χ0v) is 9.99. The van der Waals surface area contributed by atoms with Gasteiger partial charge < -0.3 is 16.8 Å². The lowest BCUT2D eigenvalue weighted by Crippen LogP contribution is -2.35. The Bertz CT molecular complexity index is 423. The highest BCUT2D eigenvalue weighted by Gasteiger charge is 2.12. The quantitative estimate of drug-likeness (QED) is 0.665. The highest BCUT2D eigenvalue weighted by molar-refractivity contribution is 5.95. The van der Waals surface area contributed by atoms with E-state index in [2.05, 4.69) is 5.32 Å². The van der Waals surface area contributed by atoms with Crippen LogP contribution in [0, 0.1) is 6.92 Å². The van der Waals surface area contributed by atoms with Crippen LogP contribution >= 0.6 is 0 Å². The number of anilines is 1. The smallest absolute Gasteiger partial charge is 0.251 e. The van der Waals surface area contributed by atoms with E-state index in [1.165, 1.54) is 0 Å². The molecule has 1 aromatic rings. The molecule has 2 amide bonds. The van der Waals surface area contributed by atoms with Crippen molar-refractivity contribution in [3.05, 3.63) is 29.3 Å². The van der Waals surface area contributed by atoms with E-state index < -0.39 is 5.91 Å². The number of hydrogen-bond acceptors (Lipinski definition) is 3. The van der Waals surface area contributed by atoms with Gasteiger partial charge in [-0.05, 0) is 37.6 Å². The van der Waals surface area contributed by atoms with E-state index in [9.17, 15) is 9.59 Å². The second-order valence-corrected chi connectivity index (χ2v) is 4.18. The average Bonchev–Trinajstić information content (AvgIpc) is 2.14. The van der Waals surface area contributed by atoms with Crippen LogP contribution in [0.25, 0.3) is 0 Å². The van der Waals surface area contributed by atoms with Gasteiger partial charge in [0.05, 0.1) is 0 Å². The van der Waals surface area contributed by atoms with Gasteiger partial charge in [0.15, 0.2) is 0 Å². The summed E-state index contributed by atoms with van der Waals surface area (Å²) in [6, 6.07) is 4.83. The van der Waals surface area contributed by atoms with Crippen molar-refractivity contribution in [2.75, 3.05) is 5.73 Å². The maximum atomic E-state index is 11.8. The molecule has 17 heavy (non-hydrogen) atoms. The van der Waals surface area contributed by atoms with Gasteiger partial charge in [-0.1, -0.05) is 0 Å². The standard InChI is InChI=1S/C12H17N3O2/c1-7-3-9(6-10(13)4-7)12(17)15-8(2)5-11(14)16/h3-4,6,8H,5,13H2,1-2H3,(H2,14,16)(H,15,17). The van der Waals surface area contributed by atoms with Gasteiger partial charge >= 0.3 is 0 Å². The molecule has 0 spiro atoms. The summed E-state index contributed by atoms with van der Waals surface area (Å²) in [4.78, 5) is 22.5. The average molecular weight is 235 g/mol. The number of carbonyl (C=O) groups is 2. The van der Waals surface area contributed by atoms with Crippen molar-refractivity contribution in [3.8, 4) is 0 Å². The summed E-state index contributed by atoms with van der Waals surface area (Å²) in [5.41, 5.74) is 12.6. The van der Waals surface area contributed by atoms with Crippen molar-refractivity contribution in [2.24, 2.45) is 5.73 Å². The van der Waals surface area contributed by atoms with Gasteiger partial charge in [-0.3, -0.25) is 9.59 Å². The summed E-state index contributed by atoms with van der Waals surface area (Å²) < 4.78 is 0. The van der Waals surface area contributed by atoms with Crippen LogP contribution in [0.1, 0.15) is 29.3 Å². The third-order valence-corrected chi connectivity index (χ3v) is 2.25. The third-order valence-electron chi connectivity index (χ3n) is 2.25. The number of nitrogen functional groups attached to an aromatic ring is 1. The largest absolute Gasteiger partial charge is 0.399 e. The van der Waals surface area contributed by atoms with Gasteiger partial charge in [-0.2, -0.15) is 0 Å². The summed E-state index contributed by atoms with van der Waals surface area (Å²) in [5, 5.41) is 2.69. The number of benzene rings is 1. The topological polar surface area (TPSA) is 98.2 Å². The second-order valence-electron chi connectivity index (χ2n) is 4.18. The molecule has 1 atom stereocenters. The van der Waals surface area contributed by atoms with Crippen molar-refractivity contribution >= 4 is 17.5 Å². The Morgan fingerprint density at radius 3 is 2.53 bits per heavy atom. The Morgan fingerprint density at radius 2 is 2.00 bits per heavy atom. The molecule has 5 N–H and O–H groups in total. The number of hydrogen-bond donors (Lipinski definition) is 3. The monoisotopic (exact) mass is 235 g/mol. The van der Waals surface area contributed by atoms with Crippen LogP contribution in [-0.4, -0.2) is 17.9 Å². The first-order chi connectivity index (χ1) is 7.88. The molecular weight excluding hydrogens is 218 g/mol. The van der Waals surface area contributed by atoms with Gasteiger partial charge in [0.25, 0.3) is 5.91 Å². The van der Waals surface area contributed by atoms with E-state index in [0.717, 1.165) is 5.56 Å². The molecule has 92 valence electrons. The first-order valence-corrected chi connectivity index (χ1v) is 5.35. The number of carbonyl (C=O) groups excluding carboxylic acids is 2. The van der Waals surface area contributed by atoms with E-state index in [0.29, 0.717) is 11.3 Å². The minimum absolute atomic E-state index is 0.118. The Labute approximate surface area is 100 Å². The minimum atomic E-state index is -0.443. The molecule has 0 aromatic heterocycles. The fraction of sp³-hybridized carbons (Fsp3) is 0.333. The van der Waals surface area contributed by atoms with Crippen LogP contribution in [0.3, 0.4) is 0 Å². The van der Waals surface area contributed by atoms with Gasteiger partial charge in [-0.15, -0.1) is 0 Å². The van der Waals surface area contributed by atoms with Gasteiger partial charge in [0.1, 0.15) is 0 Å². The molecule has 1 rings (SSSR count). The maximum absolute atomic E-state index is 11.8. The zero-order chi connectivity index (χ0) is 13.0. The summed E-state index contributed by atoms with van der Waals surface area (Å²) in [7, 11) is 0. The van der Waals surface area contributed by atoms with E-state index in [-0.39, 0.29) is 18.4 Å². The number of amides is 2. The van der Waals surface area contributed by atoms with E-state index in [1.807, 2.05) is 6.92 Å². The Kier molecular flexibility index (Phi) is 4.09. The number of nitrogens with one attached hydrogen (secondary N) is 1. The molecule has 0 aliphatic carbocycles. The number of aryl methyl sites for hydroxylation is 1. The lowest BCUT2D eigenvalue weighted by atomic mass is 10.1. The summed E-state index contributed by atoms with van der Waals surface area (Å²) >= 11 is 0. The zero-order valence-electron chi connectivity index (χ0n) is 9.99. The molecule has 0 saturated heterocycles. The Morgan fingerprint density at radius 1 is 1.35 bits per heavy atom. The molecule has 0 fully saturated rings. The molecule has 1 unspecified atom stereocenters. The molecule has 0 heterocycles. The van der Waals surface area contributed by atoms with Crippen molar-refractivity contribution < 1.29 is 9.59 Å². The molecule has 5 nitrogen and oxygen atoms in total. The first-order valence-electron chi connectivity index (χ1n) is 5.35. The highest BCUT2D eigenvalue weighted by Crippen LogP contribution is 2.11. The summed E-state index contributed by atoms with van der Waals surface area (Å²) in [5.74, 6) is -0.698. The summed E-state index contributed by atoms with van der Waals surface area (Å²) in [6.07, 6.45) is 0.118. The van der Waals surface area contributed by atoms with E-state index in [1.54, 1.807) is 25.1 Å². The van der Waals surface area contributed by atoms with E-state index >= 15 is 0 Å². The van der Waals surface area contributed by atoms with Crippen LogP contribution in [0.15, 0.2) is 18.2 Å². The van der Waals surface area contributed by atoms with Crippen molar-refractivity contribution in [3.63, 3.8) is 0 Å². The van der Waals surface area contributed by atoms with Crippen LogP contribution in [0.5, 0.6) is 0 Å². The molecule has 0 radical (unpaired) electrons. The van der Waals surface area contributed by atoms with Crippen molar-refractivity contribution in [2.45, 2.75) is 26.3 Å². The number of rotatable bonds is 4. The van der Waals surface area contributed by atoms with Crippen molar-refractivity contribution in [1.29, 1.82) is 0 Å². The fourth-order valence-electron chi connectivity index (χ4n) is 1.60. The van der Waals surface area contributed by atoms with Gasteiger partial charge in [0, 0.05) is 23.7 Å². The van der Waals surface area contributed by atoms with Crippen LogP contribution in [0.2, 0.25) is 0 Å². The normalized spacial score (nSPS) is 11.9. The summed E-state index contributed by atoms with van der Waals surface area (Å²) in [6.45, 7) is 3.59. The second kappa shape index (κ2) is 5.34. The molecule has 0 aliphatic heterocycles. The molecule has 0 bridgehead atoms. The SMILES string of the molecule is Cc1cc(N)cc(C(=O)NC(C)CC(N)=O)c1. The van der Waals surface area contributed by atoms with Gasteiger partial charge in [0.2, 0.25) is 5.91 Å². The fourth-order valence-corrected chi connectivity index (χ4v) is 1.60. The lowest BCUT2D eigenvalue weighted by Gasteiger charge is -2.12. The molecule has 0 aliphatic rings. The third kappa shape index (κ3) is 4.14. The Hall–Kier alpha value is -2.04. The van der Waals surface area contributed by atoms with Crippen molar-refractivity contribution in [1.82, 2.24) is 5.32 Å². The minimum Gasteiger partial charge on any atom is -0.399 e. The lowest BCUT2D eigenvalue weighted by molar-refractivity contribution is -0.118. The predicted octanol–water partition coefficient (Wildman–Crippen LogP) is 0.571. The van der Waals surface area contributed by atoms with Crippen LogP contribution in [-0.2, 0) is 4.79 Å². The predicted molar refractivity (Wildman–Crippen MR) is 66.3 cm³/mol. The van der Waals surface area contributed by atoms with E-state index in [4.69, 9.17) is 11.5 Å². The van der Waals surface area contributed by atoms with Crippen LogP contribution in [0.4, 0.5) is 5.69 Å². The highest BCUT2D eigenvalue weighted by atomic mass is 16.2. The maximum Gasteiger partial charge on any atom is 0.251 e. The molecule has 0 saturated carbocycles. The van der Waals surface area contributed by atoms with Gasteiger partial charge in [-0.25, -0.2) is 0 Å². The number of primary amides is 1. The Balaban J connectivity index is 2.72. The molecule has 1 aromatic carbocycles.